The quantitative estimate of drug-likeness (QED) is 0.849. The maximum Gasteiger partial charge on any atom is 0.419 e. The summed E-state index contributed by atoms with van der Waals surface area (Å²) in [6.45, 7) is 3.04. The van der Waals surface area contributed by atoms with Gasteiger partial charge in [-0.1, -0.05) is 13.0 Å². The second-order valence-electron chi connectivity index (χ2n) is 4.67. The first-order valence-corrected chi connectivity index (χ1v) is 6.66. The number of carbonyl (C=O) groups is 1. The van der Waals surface area contributed by atoms with Gasteiger partial charge in [0.1, 0.15) is 5.75 Å². The second-order valence-corrected chi connectivity index (χ2v) is 4.67. The molecule has 1 atom stereocenters. The first-order valence-electron chi connectivity index (χ1n) is 6.66. The molecular weight excluding hydrogens is 287 g/mol. The lowest BCUT2D eigenvalue weighted by Gasteiger charge is -2.17. The monoisotopic (exact) mass is 303 g/mol. The van der Waals surface area contributed by atoms with Gasteiger partial charge in [-0.15, -0.1) is 0 Å². The van der Waals surface area contributed by atoms with Crippen LogP contribution in [0.4, 0.5) is 13.2 Å². The van der Waals surface area contributed by atoms with Crippen LogP contribution in [0.3, 0.4) is 0 Å². The summed E-state index contributed by atoms with van der Waals surface area (Å²) in [7, 11) is 0. The lowest BCUT2D eigenvalue weighted by molar-refractivity contribution is -0.146. The van der Waals surface area contributed by atoms with Crippen LogP contribution in [-0.2, 0) is 22.3 Å². The van der Waals surface area contributed by atoms with E-state index in [1.54, 1.807) is 6.07 Å². The fourth-order valence-electron chi connectivity index (χ4n) is 2.02. The van der Waals surface area contributed by atoms with Gasteiger partial charge in [-0.2, -0.15) is 13.2 Å². The standard InChI is InChI=1S/C14H16F3NO3/c1-2-18-8-9-3-4-11(10(7-9)14(15,16)17)21-12-5-6-20-13(12)19/h3-4,7,12,18H,2,5-6,8H2,1H3. The summed E-state index contributed by atoms with van der Waals surface area (Å²) in [6.07, 6.45) is -5.25. The number of cyclic esters (lactones) is 1. The molecule has 0 radical (unpaired) electrons. The molecule has 1 aromatic rings. The molecule has 7 heteroatoms. The second kappa shape index (κ2) is 6.34. The van der Waals surface area contributed by atoms with E-state index in [1.165, 1.54) is 6.07 Å². The van der Waals surface area contributed by atoms with Crippen molar-refractivity contribution in [3.05, 3.63) is 29.3 Å². The van der Waals surface area contributed by atoms with E-state index in [0.717, 1.165) is 6.07 Å². The average molecular weight is 303 g/mol. The van der Waals surface area contributed by atoms with Crippen molar-refractivity contribution >= 4 is 5.97 Å². The summed E-state index contributed by atoms with van der Waals surface area (Å²) in [5, 5.41) is 2.96. The predicted octanol–water partition coefficient (Wildman–Crippen LogP) is 2.51. The Bertz CT molecular complexity index is 517. The number of alkyl halides is 3. The lowest BCUT2D eigenvalue weighted by atomic mass is 10.1. The fraction of sp³-hybridized carbons (Fsp3) is 0.500. The van der Waals surface area contributed by atoms with Crippen LogP contribution in [-0.4, -0.2) is 25.2 Å². The molecule has 0 saturated carbocycles. The van der Waals surface area contributed by atoms with Gasteiger partial charge in [0.25, 0.3) is 0 Å². The van der Waals surface area contributed by atoms with E-state index in [0.29, 0.717) is 18.7 Å². The van der Waals surface area contributed by atoms with Gasteiger partial charge in [-0.25, -0.2) is 4.79 Å². The lowest BCUT2D eigenvalue weighted by Crippen LogP contribution is -2.23. The van der Waals surface area contributed by atoms with Gasteiger partial charge in [0.2, 0.25) is 0 Å². The van der Waals surface area contributed by atoms with Crippen molar-refractivity contribution in [3.8, 4) is 5.75 Å². The molecule has 0 amide bonds. The molecule has 116 valence electrons. The fourth-order valence-corrected chi connectivity index (χ4v) is 2.02. The van der Waals surface area contributed by atoms with Crippen LogP contribution in [0.1, 0.15) is 24.5 Å². The zero-order chi connectivity index (χ0) is 15.5. The maximum atomic E-state index is 13.1. The van der Waals surface area contributed by atoms with Crippen molar-refractivity contribution in [2.75, 3.05) is 13.2 Å². The van der Waals surface area contributed by atoms with Gasteiger partial charge < -0.3 is 14.8 Å². The Morgan fingerprint density at radius 1 is 1.43 bits per heavy atom. The van der Waals surface area contributed by atoms with Gasteiger partial charge in [-0.05, 0) is 24.2 Å². The minimum absolute atomic E-state index is 0.170. The third-order valence-corrected chi connectivity index (χ3v) is 3.08. The minimum Gasteiger partial charge on any atom is -0.478 e. The van der Waals surface area contributed by atoms with Crippen molar-refractivity contribution in [1.82, 2.24) is 5.32 Å². The van der Waals surface area contributed by atoms with Gasteiger partial charge in [0, 0.05) is 13.0 Å². The molecular formula is C14H16F3NO3. The molecule has 4 nitrogen and oxygen atoms in total. The smallest absolute Gasteiger partial charge is 0.419 e. The molecule has 1 heterocycles. The summed E-state index contributed by atoms with van der Waals surface area (Å²) in [5.74, 6) is -0.966. The largest absolute Gasteiger partial charge is 0.478 e. The van der Waals surface area contributed by atoms with E-state index >= 15 is 0 Å². The summed E-state index contributed by atoms with van der Waals surface area (Å²) >= 11 is 0. The molecule has 0 spiro atoms. The van der Waals surface area contributed by atoms with E-state index in [9.17, 15) is 18.0 Å². The Labute approximate surface area is 120 Å². The Morgan fingerprint density at radius 3 is 2.76 bits per heavy atom. The average Bonchev–Trinajstić information content (AvgIpc) is 2.82. The summed E-state index contributed by atoms with van der Waals surface area (Å²) < 4.78 is 49.2. The highest BCUT2D eigenvalue weighted by atomic mass is 19.4. The summed E-state index contributed by atoms with van der Waals surface area (Å²) in [4.78, 5) is 11.3. The Hall–Kier alpha value is -1.76. The zero-order valence-electron chi connectivity index (χ0n) is 11.5. The topological polar surface area (TPSA) is 47.6 Å². The predicted molar refractivity (Wildman–Crippen MR) is 68.8 cm³/mol. The minimum atomic E-state index is -4.54. The van der Waals surface area contributed by atoms with Crippen LogP contribution in [0.5, 0.6) is 5.75 Å². The number of hydrogen-bond acceptors (Lipinski definition) is 4. The molecule has 2 rings (SSSR count). The molecule has 1 unspecified atom stereocenters. The van der Waals surface area contributed by atoms with Crippen molar-refractivity contribution in [1.29, 1.82) is 0 Å². The highest BCUT2D eigenvalue weighted by Gasteiger charge is 2.37. The normalized spacial score (nSPS) is 18.7. The van der Waals surface area contributed by atoms with E-state index in [4.69, 9.17) is 4.74 Å². The molecule has 1 aliphatic rings. The molecule has 1 N–H and O–H groups in total. The molecule has 1 fully saturated rings. The van der Waals surface area contributed by atoms with Crippen molar-refractivity contribution in [3.63, 3.8) is 0 Å². The number of esters is 1. The summed E-state index contributed by atoms with van der Waals surface area (Å²) in [5.41, 5.74) is -0.372. The first kappa shape index (κ1) is 15.6. The van der Waals surface area contributed by atoms with Crippen molar-refractivity contribution in [2.45, 2.75) is 32.2 Å². The van der Waals surface area contributed by atoms with Crippen LogP contribution in [0.15, 0.2) is 18.2 Å². The van der Waals surface area contributed by atoms with Gasteiger partial charge in [0.05, 0.1) is 12.2 Å². The third-order valence-electron chi connectivity index (χ3n) is 3.08. The summed E-state index contributed by atoms with van der Waals surface area (Å²) in [6, 6.07) is 3.84. The van der Waals surface area contributed by atoms with E-state index in [2.05, 4.69) is 10.1 Å². The van der Waals surface area contributed by atoms with Crippen LogP contribution >= 0.6 is 0 Å². The van der Waals surface area contributed by atoms with E-state index < -0.39 is 23.8 Å². The molecule has 1 aliphatic heterocycles. The molecule has 1 saturated heterocycles. The molecule has 21 heavy (non-hydrogen) atoms. The van der Waals surface area contributed by atoms with Gasteiger partial charge >= 0.3 is 12.1 Å². The third kappa shape index (κ3) is 3.87. The van der Waals surface area contributed by atoms with Gasteiger partial charge in [-0.3, -0.25) is 0 Å². The number of nitrogens with one attached hydrogen (secondary N) is 1. The van der Waals surface area contributed by atoms with Crippen LogP contribution < -0.4 is 10.1 Å². The van der Waals surface area contributed by atoms with E-state index in [1.807, 2.05) is 6.92 Å². The van der Waals surface area contributed by atoms with Crippen LogP contribution in [0, 0.1) is 0 Å². The molecule has 0 aliphatic carbocycles. The Morgan fingerprint density at radius 2 is 2.19 bits per heavy atom. The molecule has 0 aromatic heterocycles. The Balaban J connectivity index is 2.24. The van der Waals surface area contributed by atoms with Crippen molar-refractivity contribution in [2.24, 2.45) is 0 Å². The van der Waals surface area contributed by atoms with E-state index in [-0.39, 0.29) is 18.8 Å². The zero-order valence-corrected chi connectivity index (χ0v) is 11.5. The van der Waals surface area contributed by atoms with Crippen LogP contribution in [0.25, 0.3) is 0 Å². The molecule has 0 bridgehead atoms. The van der Waals surface area contributed by atoms with Gasteiger partial charge in [0.15, 0.2) is 6.10 Å². The SMILES string of the molecule is CCNCc1ccc(OC2CCOC2=O)c(C(F)(F)F)c1. The number of benzene rings is 1. The number of hydrogen-bond donors (Lipinski definition) is 1. The number of ether oxygens (including phenoxy) is 2. The Kier molecular flexibility index (Phi) is 4.72. The number of carbonyl (C=O) groups excluding carboxylic acids is 1. The van der Waals surface area contributed by atoms with Crippen LogP contribution in [0.2, 0.25) is 0 Å². The van der Waals surface area contributed by atoms with Crippen molar-refractivity contribution < 1.29 is 27.4 Å². The number of halogens is 3. The number of rotatable bonds is 5. The maximum absolute atomic E-state index is 13.1. The molecule has 1 aromatic carbocycles. The first-order chi connectivity index (χ1) is 9.91. The highest BCUT2D eigenvalue weighted by molar-refractivity contribution is 5.76. The highest BCUT2D eigenvalue weighted by Crippen LogP contribution is 2.37.